The molecular formula is C12H17BrO. The summed E-state index contributed by atoms with van der Waals surface area (Å²) in [6.07, 6.45) is 0.132. The molecule has 1 aromatic rings. The van der Waals surface area contributed by atoms with Crippen molar-refractivity contribution in [3.8, 4) is 0 Å². The average Bonchev–Trinajstić information content (AvgIpc) is 2.01. The molecule has 0 saturated heterocycles. The molecule has 1 rings (SSSR count). The number of benzene rings is 1. The minimum atomic E-state index is -0.0955. The van der Waals surface area contributed by atoms with Crippen molar-refractivity contribution in [1.29, 1.82) is 0 Å². The lowest BCUT2D eigenvalue weighted by atomic mass is 10.1. The van der Waals surface area contributed by atoms with E-state index in [1.54, 1.807) is 0 Å². The molecule has 1 aromatic carbocycles. The summed E-state index contributed by atoms with van der Waals surface area (Å²) >= 11 is 3.45. The quantitative estimate of drug-likeness (QED) is 0.766. The fraction of sp³-hybridized carbons (Fsp3) is 0.500. The lowest BCUT2D eigenvalue weighted by Crippen LogP contribution is -2.21. The highest BCUT2D eigenvalue weighted by atomic mass is 79.9. The lowest BCUT2D eigenvalue weighted by molar-refractivity contribution is -0.0529. The normalized spacial score (nSPS) is 14.1. The molecule has 0 aliphatic rings. The van der Waals surface area contributed by atoms with E-state index in [1.807, 2.05) is 12.1 Å². The largest absolute Gasteiger partial charge is 0.368 e. The Hall–Kier alpha value is -0.340. The molecule has 0 aliphatic heterocycles. The van der Waals surface area contributed by atoms with Crippen LogP contribution in [-0.4, -0.2) is 5.60 Å². The van der Waals surface area contributed by atoms with Gasteiger partial charge in [0.15, 0.2) is 0 Å². The van der Waals surface area contributed by atoms with Gasteiger partial charge in [0.25, 0.3) is 0 Å². The van der Waals surface area contributed by atoms with Crippen LogP contribution in [0.25, 0.3) is 0 Å². The average molecular weight is 257 g/mol. The Balaban J connectivity index is 2.74. The highest BCUT2D eigenvalue weighted by molar-refractivity contribution is 9.10. The zero-order valence-electron chi connectivity index (χ0n) is 9.17. The number of hydrogen-bond donors (Lipinski definition) is 0. The SMILES string of the molecule is CC(OC(C)(C)C)c1cccc(Br)c1. The minimum Gasteiger partial charge on any atom is -0.368 e. The van der Waals surface area contributed by atoms with Crippen LogP contribution in [-0.2, 0) is 4.74 Å². The Morgan fingerprint density at radius 3 is 2.43 bits per heavy atom. The van der Waals surface area contributed by atoms with Gasteiger partial charge in [-0.05, 0) is 45.4 Å². The molecule has 0 heterocycles. The van der Waals surface area contributed by atoms with E-state index in [1.165, 1.54) is 5.56 Å². The van der Waals surface area contributed by atoms with Crippen molar-refractivity contribution < 1.29 is 4.74 Å². The van der Waals surface area contributed by atoms with Gasteiger partial charge in [0.2, 0.25) is 0 Å². The molecule has 0 fully saturated rings. The molecule has 0 saturated carbocycles. The van der Waals surface area contributed by atoms with E-state index in [-0.39, 0.29) is 11.7 Å². The van der Waals surface area contributed by atoms with Crippen molar-refractivity contribution in [2.45, 2.75) is 39.4 Å². The number of ether oxygens (including phenoxy) is 1. The smallest absolute Gasteiger partial charge is 0.0804 e. The predicted octanol–water partition coefficient (Wildman–Crippen LogP) is 4.33. The second kappa shape index (κ2) is 4.45. The number of rotatable bonds is 2. The molecule has 0 bridgehead atoms. The third-order valence-electron chi connectivity index (χ3n) is 1.85. The zero-order valence-corrected chi connectivity index (χ0v) is 10.8. The minimum absolute atomic E-state index is 0.0955. The first-order valence-electron chi connectivity index (χ1n) is 4.82. The van der Waals surface area contributed by atoms with Crippen LogP contribution in [0, 0.1) is 0 Å². The Labute approximate surface area is 94.6 Å². The molecule has 0 aliphatic carbocycles. The van der Waals surface area contributed by atoms with Crippen LogP contribution >= 0.6 is 15.9 Å². The fourth-order valence-electron chi connectivity index (χ4n) is 1.36. The van der Waals surface area contributed by atoms with Gasteiger partial charge in [-0.15, -0.1) is 0 Å². The maximum atomic E-state index is 5.86. The van der Waals surface area contributed by atoms with Crippen molar-refractivity contribution in [2.75, 3.05) is 0 Å². The van der Waals surface area contributed by atoms with E-state index in [2.05, 4.69) is 55.8 Å². The van der Waals surface area contributed by atoms with Crippen LogP contribution < -0.4 is 0 Å². The van der Waals surface area contributed by atoms with Crippen molar-refractivity contribution >= 4 is 15.9 Å². The summed E-state index contributed by atoms with van der Waals surface area (Å²) in [6.45, 7) is 8.29. The number of hydrogen-bond acceptors (Lipinski definition) is 1. The van der Waals surface area contributed by atoms with Gasteiger partial charge in [-0.2, -0.15) is 0 Å². The van der Waals surface area contributed by atoms with E-state index >= 15 is 0 Å². The van der Waals surface area contributed by atoms with E-state index in [0.29, 0.717) is 0 Å². The van der Waals surface area contributed by atoms with E-state index in [9.17, 15) is 0 Å². The summed E-state index contributed by atoms with van der Waals surface area (Å²) in [5.74, 6) is 0. The molecule has 2 heteroatoms. The van der Waals surface area contributed by atoms with Gasteiger partial charge >= 0.3 is 0 Å². The maximum Gasteiger partial charge on any atom is 0.0804 e. The van der Waals surface area contributed by atoms with Gasteiger partial charge in [-0.3, -0.25) is 0 Å². The number of halogens is 1. The Morgan fingerprint density at radius 1 is 1.29 bits per heavy atom. The fourth-order valence-corrected chi connectivity index (χ4v) is 1.77. The third-order valence-corrected chi connectivity index (χ3v) is 2.34. The summed E-state index contributed by atoms with van der Waals surface area (Å²) in [5, 5.41) is 0. The molecular weight excluding hydrogens is 240 g/mol. The molecule has 1 atom stereocenters. The first kappa shape index (κ1) is 11.7. The topological polar surface area (TPSA) is 9.23 Å². The first-order chi connectivity index (χ1) is 6.38. The lowest BCUT2D eigenvalue weighted by Gasteiger charge is -2.25. The molecule has 1 unspecified atom stereocenters. The Morgan fingerprint density at radius 2 is 1.93 bits per heavy atom. The van der Waals surface area contributed by atoms with Gasteiger partial charge in [-0.25, -0.2) is 0 Å². The van der Waals surface area contributed by atoms with Crippen LogP contribution in [0.3, 0.4) is 0 Å². The summed E-state index contributed by atoms with van der Waals surface area (Å²) in [6, 6.07) is 8.23. The summed E-state index contributed by atoms with van der Waals surface area (Å²) in [5.41, 5.74) is 1.11. The van der Waals surface area contributed by atoms with Crippen LogP contribution in [0.1, 0.15) is 39.4 Å². The van der Waals surface area contributed by atoms with Crippen LogP contribution in [0.4, 0.5) is 0 Å². The molecule has 1 nitrogen and oxygen atoms in total. The molecule has 0 amide bonds. The highest BCUT2D eigenvalue weighted by Crippen LogP contribution is 2.25. The monoisotopic (exact) mass is 256 g/mol. The van der Waals surface area contributed by atoms with Gasteiger partial charge < -0.3 is 4.74 Å². The van der Waals surface area contributed by atoms with Crippen molar-refractivity contribution in [3.05, 3.63) is 34.3 Å². The summed E-state index contributed by atoms with van der Waals surface area (Å²) in [4.78, 5) is 0. The predicted molar refractivity (Wildman–Crippen MR) is 63.4 cm³/mol. The standard InChI is InChI=1S/C12H17BrO/c1-9(14-12(2,3)4)10-6-5-7-11(13)8-10/h5-9H,1-4H3. The summed E-state index contributed by atoms with van der Waals surface area (Å²) in [7, 11) is 0. The molecule has 0 radical (unpaired) electrons. The highest BCUT2D eigenvalue weighted by Gasteiger charge is 2.16. The molecule has 14 heavy (non-hydrogen) atoms. The van der Waals surface area contributed by atoms with E-state index < -0.39 is 0 Å². The second-order valence-corrected chi connectivity index (χ2v) is 5.34. The van der Waals surface area contributed by atoms with Crippen LogP contribution in [0.5, 0.6) is 0 Å². The van der Waals surface area contributed by atoms with E-state index in [4.69, 9.17) is 4.74 Å². The molecule has 0 aromatic heterocycles. The maximum absolute atomic E-state index is 5.86. The van der Waals surface area contributed by atoms with Gasteiger partial charge in [-0.1, -0.05) is 28.1 Å². The second-order valence-electron chi connectivity index (χ2n) is 4.43. The zero-order chi connectivity index (χ0) is 10.8. The van der Waals surface area contributed by atoms with Crippen molar-refractivity contribution in [1.82, 2.24) is 0 Å². The van der Waals surface area contributed by atoms with Crippen molar-refractivity contribution in [2.24, 2.45) is 0 Å². The molecule has 78 valence electrons. The van der Waals surface area contributed by atoms with Crippen molar-refractivity contribution in [3.63, 3.8) is 0 Å². The van der Waals surface area contributed by atoms with Crippen LogP contribution in [0.15, 0.2) is 28.7 Å². The van der Waals surface area contributed by atoms with Crippen LogP contribution in [0.2, 0.25) is 0 Å². The third kappa shape index (κ3) is 3.81. The molecule has 0 N–H and O–H groups in total. The summed E-state index contributed by atoms with van der Waals surface area (Å²) < 4.78 is 6.95. The molecule has 0 spiro atoms. The van der Waals surface area contributed by atoms with E-state index in [0.717, 1.165) is 4.47 Å². The van der Waals surface area contributed by atoms with Gasteiger partial charge in [0, 0.05) is 4.47 Å². The van der Waals surface area contributed by atoms with Gasteiger partial charge in [0.05, 0.1) is 11.7 Å². The Bertz CT molecular complexity index is 301. The Kier molecular flexibility index (Phi) is 3.73. The van der Waals surface area contributed by atoms with Gasteiger partial charge in [0.1, 0.15) is 0 Å². The first-order valence-corrected chi connectivity index (χ1v) is 5.61.